The van der Waals surface area contributed by atoms with Crippen molar-refractivity contribution in [1.29, 1.82) is 0 Å². The second kappa shape index (κ2) is 5.23. The van der Waals surface area contributed by atoms with Gasteiger partial charge in [-0.2, -0.15) is 0 Å². The average molecular weight is 218 g/mol. The van der Waals surface area contributed by atoms with Gasteiger partial charge in [-0.1, -0.05) is 30.3 Å². The molecule has 3 heteroatoms. The van der Waals surface area contributed by atoms with Crippen molar-refractivity contribution in [3.63, 3.8) is 0 Å². The highest BCUT2D eigenvalue weighted by Gasteiger charge is 2.22. The van der Waals surface area contributed by atoms with Crippen LogP contribution in [0.15, 0.2) is 30.3 Å². The van der Waals surface area contributed by atoms with Crippen LogP contribution in [0.3, 0.4) is 0 Å². The first-order valence-corrected chi connectivity index (χ1v) is 5.80. The molecule has 1 aliphatic rings. The summed E-state index contributed by atoms with van der Waals surface area (Å²) >= 11 is 0. The van der Waals surface area contributed by atoms with E-state index in [2.05, 4.69) is 4.90 Å². The molecule has 1 saturated heterocycles. The Labute approximate surface area is 96.2 Å². The molecule has 16 heavy (non-hydrogen) atoms. The zero-order chi connectivity index (χ0) is 11.4. The smallest absolute Gasteiger partial charge is 0.176 e. The summed E-state index contributed by atoms with van der Waals surface area (Å²) in [6.07, 6.45) is 1.12. The number of carbonyl (C=O) groups is 1. The third-order valence-corrected chi connectivity index (χ3v) is 3.17. The van der Waals surface area contributed by atoms with Crippen LogP contribution < -0.4 is 5.73 Å². The van der Waals surface area contributed by atoms with Gasteiger partial charge in [-0.25, -0.2) is 0 Å². The van der Waals surface area contributed by atoms with Crippen molar-refractivity contribution >= 4 is 5.78 Å². The fourth-order valence-electron chi connectivity index (χ4n) is 2.17. The van der Waals surface area contributed by atoms with E-state index in [0.717, 1.165) is 31.6 Å². The summed E-state index contributed by atoms with van der Waals surface area (Å²) in [6.45, 7) is 3.23. The highest BCUT2D eigenvalue weighted by atomic mass is 16.1. The molecule has 1 atom stereocenters. The quantitative estimate of drug-likeness (QED) is 0.771. The lowest BCUT2D eigenvalue weighted by atomic mass is 10.1. The van der Waals surface area contributed by atoms with Crippen molar-refractivity contribution in [3.05, 3.63) is 35.9 Å². The molecule has 0 spiro atoms. The topological polar surface area (TPSA) is 46.3 Å². The maximum Gasteiger partial charge on any atom is 0.176 e. The molecule has 1 aliphatic heterocycles. The van der Waals surface area contributed by atoms with Gasteiger partial charge in [0.25, 0.3) is 0 Å². The summed E-state index contributed by atoms with van der Waals surface area (Å²) in [5.41, 5.74) is 6.43. The second-order valence-electron chi connectivity index (χ2n) is 4.41. The Bertz CT molecular complexity index is 350. The highest BCUT2D eigenvalue weighted by molar-refractivity contribution is 5.97. The van der Waals surface area contributed by atoms with E-state index in [-0.39, 0.29) is 5.78 Å². The van der Waals surface area contributed by atoms with Crippen LogP contribution >= 0.6 is 0 Å². The number of hydrogen-bond donors (Lipinski definition) is 1. The highest BCUT2D eigenvalue weighted by Crippen LogP contribution is 2.15. The van der Waals surface area contributed by atoms with Gasteiger partial charge in [-0.15, -0.1) is 0 Å². The van der Waals surface area contributed by atoms with Crippen LogP contribution in [0.2, 0.25) is 0 Å². The molecular weight excluding hydrogens is 200 g/mol. The van der Waals surface area contributed by atoms with Crippen LogP contribution in [0.25, 0.3) is 0 Å². The monoisotopic (exact) mass is 218 g/mol. The largest absolute Gasteiger partial charge is 0.330 e. The van der Waals surface area contributed by atoms with E-state index < -0.39 is 0 Å². The normalized spacial score (nSPS) is 21.2. The Morgan fingerprint density at radius 1 is 1.38 bits per heavy atom. The predicted octanol–water partition coefficient (Wildman–Crippen LogP) is 1.15. The molecule has 0 saturated carbocycles. The molecule has 1 unspecified atom stereocenters. The summed E-state index contributed by atoms with van der Waals surface area (Å²) in [4.78, 5) is 14.1. The Morgan fingerprint density at radius 2 is 2.12 bits per heavy atom. The summed E-state index contributed by atoms with van der Waals surface area (Å²) in [6, 6.07) is 9.48. The van der Waals surface area contributed by atoms with Crippen molar-refractivity contribution in [2.24, 2.45) is 11.7 Å². The number of hydrogen-bond acceptors (Lipinski definition) is 3. The maximum absolute atomic E-state index is 11.9. The van der Waals surface area contributed by atoms with Gasteiger partial charge >= 0.3 is 0 Å². The molecule has 2 N–H and O–H groups in total. The molecule has 86 valence electrons. The van der Waals surface area contributed by atoms with E-state index >= 15 is 0 Å². The van der Waals surface area contributed by atoms with Gasteiger partial charge in [0.1, 0.15) is 0 Å². The van der Waals surface area contributed by atoms with Crippen LogP contribution in [0.1, 0.15) is 16.8 Å². The summed E-state index contributed by atoms with van der Waals surface area (Å²) in [5, 5.41) is 0. The average Bonchev–Trinajstić information content (AvgIpc) is 2.78. The van der Waals surface area contributed by atoms with Gasteiger partial charge in [0, 0.05) is 12.1 Å². The first-order chi connectivity index (χ1) is 7.79. The summed E-state index contributed by atoms with van der Waals surface area (Å²) in [7, 11) is 0. The number of ketones is 1. The van der Waals surface area contributed by atoms with Crippen molar-refractivity contribution in [2.75, 3.05) is 26.2 Å². The molecule has 1 heterocycles. The Kier molecular flexibility index (Phi) is 3.70. The molecule has 1 aromatic rings. The molecule has 0 amide bonds. The van der Waals surface area contributed by atoms with Gasteiger partial charge in [-0.05, 0) is 25.4 Å². The van der Waals surface area contributed by atoms with Crippen molar-refractivity contribution < 1.29 is 4.79 Å². The lowest BCUT2D eigenvalue weighted by Gasteiger charge is -2.14. The molecule has 0 aliphatic carbocycles. The molecule has 0 radical (unpaired) electrons. The Hall–Kier alpha value is -1.19. The summed E-state index contributed by atoms with van der Waals surface area (Å²) in [5.74, 6) is 0.779. The standard InChI is InChI=1S/C13H18N2O/c14-8-11-6-7-15(9-11)10-13(16)12-4-2-1-3-5-12/h1-5,11H,6-10,14H2. The third kappa shape index (κ3) is 2.68. The van der Waals surface area contributed by atoms with Crippen molar-refractivity contribution in [1.82, 2.24) is 4.90 Å². The fraction of sp³-hybridized carbons (Fsp3) is 0.462. The predicted molar refractivity (Wildman–Crippen MR) is 64.4 cm³/mol. The Balaban J connectivity index is 1.89. The summed E-state index contributed by atoms with van der Waals surface area (Å²) < 4.78 is 0. The number of Topliss-reactive ketones (excluding diaryl/α,β-unsaturated/α-hetero) is 1. The lowest BCUT2D eigenvalue weighted by molar-refractivity contribution is 0.0943. The van der Waals surface area contributed by atoms with E-state index in [4.69, 9.17) is 5.73 Å². The number of nitrogens with two attached hydrogens (primary N) is 1. The van der Waals surface area contributed by atoms with Crippen LogP contribution in [-0.2, 0) is 0 Å². The number of benzene rings is 1. The number of nitrogens with zero attached hydrogens (tertiary/aromatic N) is 1. The number of likely N-dealkylation sites (tertiary alicyclic amines) is 1. The van der Waals surface area contributed by atoms with Gasteiger partial charge in [0.2, 0.25) is 0 Å². The van der Waals surface area contributed by atoms with E-state index in [1.165, 1.54) is 0 Å². The van der Waals surface area contributed by atoms with Gasteiger partial charge in [-0.3, -0.25) is 9.69 Å². The molecule has 1 fully saturated rings. The number of carbonyl (C=O) groups excluding carboxylic acids is 1. The number of rotatable bonds is 4. The van der Waals surface area contributed by atoms with Crippen LogP contribution in [0.4, 0.5) is 0 Å². The van der Waals surface area contributed by atoms with Gasteiger partial charge < -0.3 is 5.73 Å². The van der Waals surface area contributed by atoms with Crippen molar-refractivity contribution in [3.8, 4) is 0 Å². The zero-order valence-electron chi connectivity index (χ0n) is 9.43. The lowest BCUT2D eigenvalue weighted by Crippen LogP contribution is -2.29. The van der Waals surface area contributed by atoms with Crippen molar-refractivity contribution in [2.45, 2.75) is 6.42 Å². The Morgan fingerprint density at radius 3 is 2.75 bits per heavy atom. The molecule has 0 aromatic heterocycles. The molecular formula is C13H18N2O. The molecule has 3 nitrogen and oxygen atoms in total. The maximum atomic E-state index is 11.9. The van der Waals surface area contributed by atoms with Crippen LogP contribution in [0, 0.1) is 5.92 Å². The fourth-order valence-corrected chi connectivity index (χ4v) is 2.17. The van der Waals surface area contributed by atoms with Gasteiger partial charge in [0.15, 0.2) is 5.78 Å². The molecule has 1 aromatic carbocycles. The van der Waals surface area contributed by atoms with E-state index in [1.807, 2.05) is 30.3 Å². The third-order valence-electron chi connectivity index (χ3n) is 3.17. The van der Waals surface area contributed by atoms with E-state index in [9.17, 15) is 4.79 Å². The minimum atomic E-state index is 0.207. The second-order valence-corrected chi connectivity index (χ2v) is 4.41. The minimum Gasteiger partial charge on any atom is -0.330 e. The first kappa shape index (κ1) is 11.3. The van der Waals surface area contributed by atoms with Crippen LogP contribution in [-0.4, -0.2) is 36.9 Å². The van der Waals surface area contributed by atoms with E-state index in [1.54, 1.807) is 0 Å². The molecule has 2 rings (SSSR count). The van der Waals surface area contributed by atoms with Crippen LogP contribution in [0.5, 0.6) is 0 Å². The van der Waals surface area contributed by atoms with Gasteiger partial charge in [0.05, 0.1) is 6.54 Å². The first-order valence-electron chi connectivity index (χ1n) is 5.80. The zero-order valence-corrected chi connectivity index (χ0v) is 9.43. The minimum absolute atomic E-state index is 0.207. The molecule has 0 bridgehead atoms. The van der Waals surface area contributed by atoms with E-state index in [0.29, 0.717) is 12.5 Å². The SMILES string of the molecule is NCC1CCN(CC(=O)c2ccccc2)C1.